The minimum atomic E-state index is 0.492. The van der Waals surface area contributed by atoms with Gasteiger partial charge in [-0.2, -0.15) is 0 Å². The van der Waals surface area contributed by atoms with Crippen molar-refractivity contribution in [1.82, 2.24) is 5.32 Å². The van der Waals surface area contributed by atoms with Crippen molar-refractivity contribution in [1.29, 1.82) is 0 Å². The number of hydrogen-bond acceptors (Lipinski definition) is 1. The summed E-state index contributed by atoms with van der Waals surface area (Å²) in [6.45, 7) is 2.25. The first-order valence-corrected chi connectivity index (χ1v) is 5.89. The summed E-state index contributed by atoms with van der Waals surface area (Å²) in [6.07, 6.45) is 7.65. The molecule has 2 aliphatic rings. The second-order valence-corrected chi connectivity index (χ2v) is 4.60. The smallest absolute Gasteiger partial charge is 0.189 e. The average molecular weight is 195 g/mol. The van der Waals surface area contributed by atoms with Crippen molar-refractivity contribution in [2.75, 3.05) is 0 Å². The van der Waals surface area contributed by atoms with Crippen molar-refractivity contribution < 1.29 is 0 Å². The van der Waals surface area contributed by atoms with Gasteiger partial charge in [-0.15, -0.1) is 0 Å². The van der Waals surface area contributed by atoms with Crippen molar-refractivity contribution >= 4 is 5.96 Å². The summed E-state index contributed by atoms with van der Waals surface area (Å²) in [5.41, 5.74) is 5.85. The van der Waals surface area contributed by atoms with Gasteiger partial charge in [-0.1, -0.05) is 19.8 Å². The van der Waals surface area contributed by atoms with Crippen molar-refractivity contribution in [3.63, 3.8) is 0 Å². The van der Waals surface area contributed by atoms with Gasteiger partial charge >= 0.3 is 0 Å². The third-order valence-corrected chi connectivity index (χ3v) is 3.38. The zero-order valence-corrected chi connectivity index (χ0v) is 9.00. The molecular formula is C11H21N3. The van der Waals surface area contributed by atoms with Gasteiger partial charge in [0.25, 0.3) is 0 Å². The van der Waals surface area contributed by atoms with E-state index in [2.05, 4.69) is 17.2 Å². The van der Waals surface area contributed by atoms with Crippen LogP contribution >= 0.6 is 0 Å². The van der Waals surface area contributed by atoms with Gasteiger partial charge in [0, 0.05) is 6.04 Å². The Hall–Kier alpha value is -0.730. The van der Waals surface area contributed by atoms with Crippen LogP contribution in [0.15, 0.2) is 4.99 Å². The summed E-state index contributed by atoms with van der Waals surface area (Å²) in [6, 6.07) is 1.12. The molecule has 3 nitrogen and oxygen atoms in total. The van der Waals surface area contributed by atoms with E-state index in [0.717, 1.165) is 5.92 Å². The minimum absolute atomic E-state index is 0.492. The Morgan fingerprint density at radius 2 is 2.14 bits per heavy atom. The summed E-state index contributed by atoms with van der Waals surface area (Å²) < 4.78 is 0. The van der Waals surface area contributed by atoms with E-state index in [0.29, 0.717) is 18.0 Å². The monoisotopic (exact) mass is 195 g/mol. The number of nitrogens with one attached hydrogen (secondary N) is 1. The lowest BCUT2D eigenvalue weighted by molar-refractivity contribution is 0.467. The van der Waals surface area contributed by atoms with Crippen LogP contribution in [-0.4, -0.2) is 18.0 Å². The number of nitrogens with zero attached hydrogens (tertiary/aromatic N) is 1. The van der Waals surface area contributed by atoms with Crippen molar-refractivity contribution in [3.05, 3.63) is 0 Å². The molecule has 0 aromatic carbocycles. The van der Waals surface area contributed by atoms with Crippen molar-refractivity contribution in [2.24, 2.45) is 16.6 Å². The molecule has 2 rings (SSSR count). The predicted octanol–water partition coefficient (Wildman–Crippen LogP) is 1.63. The Labute approximate surface area is 86.2 Å². The zero-order chi connectivity index (χ0) is 9.97. The molecule has 0 heterocycles. The lowest BCUT2D eigenvalue weighted by Crippen LogP contribution is -2.35. The second-order valence-electron chi connectivity index (χ2n) is 4.60. The summed E-state index contributed by atoms with van der Waals surface area (Å²) in [5.74, 6) is 1.45. The lowest BCUT2D eigenvalue weighted by atomic mass is 10.0. The molecule has 2 atom stereocenters. The average Bonchev–Trinajstić information content (AvgIpc) is 2.84. The SMILES string of the molecule is CCC1CCCC1N=C(N)NC1CC1. The standard InChI is InChI=1S/C11H21N3/c1-2-8-4-3-5-10(8)14-11(12)13-9-6-7-9/h8-10H,2-7H2,1H3,(H3,12,13,14). The molecule has 3 heteroatoms. The van der Waals surface area contributed by atoms with E-state index < -0.39 is 0 Å². The summed E-state index contributed by atoms with van der Waals surface area (Å²) >= 11 is 0. The molecule has 0 bridgehead atoms. The Balaban J connectivity index is 1.86. The molecule has 80 valence electrons. The van der Waals surface area contributed by atoms with Crippen LogP contribution < -0.4 is 11.1 Å². The summed E-state index contributed by atoms with van der Waals surface area (Å²) in [7, 11) is 0. The molecule has 0 amide bonds. The van der Waals surface area contributed by atoms with Crippen LogP contribution in [0.2, 0.25) is 0 Å². The molecule has 0 radical (unpaired) electrons. The number of guanidine groups is 1. The molecule has 2 saturated carbocycles. The second kappa shape index (κ2) is 4.20. The van der Waals surface area contributed by atoms with Crippen molar-refractivity contribution in [2.45, 2.75) is 57.5 Å². The van der Waals surface area contributed by atoms with Gasteiger partial charge in [-0.05, 0) is 31.6 Å². The molecule has 0 aliphatic heterocycles. The summed E-state index contributed by atoms with van der Waals surface area (Å²) in [4.78, 5) is 4.59. The first-order valence-electron chi connectivity index (χ1n) is 5.89. The van der Waals surface area contributed by atoms with E-state index in [-0.39, 0.29) is 0 Å². The zero-order valence-electron chi connectivity index (χ0n) is 9.00. The molecule has 0 aromatic rings. The van der Waals surface area contributed by atoms with Gasteiger partial charge in [0.15, 0.2) is 5.96 Å². The van der Waals surface area contributed by atoms with E-state index >= 15 is 0 Å². The van der Waals surface area contributed by atoms with E-state index in [1.54, 1.807) is 0 Å². The Kier molecular flexibility index (Phi) is 2.94. The lowest BCUT2D eigenvalue weighted by Gasteiger charge is -2.14. The normalized spacial score (nSPS) is 33.4. The number of aliphatic imine (C=N–C) groups is 1. The molecule has 2 aliphatic carbocycles. The molecule has 2 unspecified atom stereocenters. The summed E-state index contributed by atoms with van der Waals surface area (Å²) in [5, 5.41) is 3.25. The Morgan fingerprint density at radius 3 is 2.79 bits per heavy atom. The van der Waals surface area contributed by atoms with Crippen LogP contribution in [0.4, 0.5) is 0 Å². The fraction of sp³-hybridized carbons (Fsp3) is 0.909. The highest BCUT2D eigenvalue weighted by Gasteiger charge is 2.26. The number of hydrogen-bond donors (Lipinski definition) is 2. The van der Waals surface area contributed by atoms with E-state index in [1.807, 2.05) is 0 Å². The number of rotatable bonds is 3. The van der Waals surface area contributed by atoms with Crippen molar-refractivity contribution in [3.8, 4) is 0 Å². The maximum Gasteiger partial charge on any atom is 0.189 e. The highest BCUT2D eigenvalue weighted by Crippen LogP contribution is 2.30. The van der Waals surface area contributed by atoms with Crippen LogP contribution in [-0.2, 0) is 0 Å². The Bertz CT molecular complexity index is 221. The largest absolute Gasteiger partial charge is 0.370 e. The van der Waals surface area contributed by atoms with Gasteiger partial charge in [0.2, 0.25) is 0 Å². The van der Waals surface area contributed by atoms with Gasteiger partial charge in [-0.3, -0.25) is 0 Å². The van der Waals surface area contributed by atoms with Gasteiger partial charge in [-0.25, -0.2) is 4.99 Å². The van der Waals surface area contributed by atoms with E-state index in [4.69, 9.17) is 5.73 Å². The molecule has 14 heavy (non-hydrogen) atoms. The molecule has 3 N–H and O–H groups in total. The first kappa shape index (κ1) is 9.81. The number of nitrogens with two attached hydrogens (primary N) is 1. The Morgan fingerprint density at radius 1 is 1.36 bits per heavy atom. The van der Waals surface area contributed by atoms with E-state index in [1.165, 1.54) is 38.5 Å². The van der Waals surface area contributed by atoms with Crippen LogP contribution in [0.1, 0.15) is 45.4 Å². The molecule has 0 spiro atoms. The highest BCUT2D eigenvalue weighted by atomic mass is 15.1. The molecular weight excluding hydrogens is 174 g/mol. The fourth-order valence-corrected chi connectivity index (χ4v) is 2.32. The molecule has 0 saturated heterocycles. The quantitative estimate of drug-likeness (QED) is 0.531. The highest BCUT2D eigenvalue weighted by molar-refractivity contribution is 5.78. The van der Waals surface area contributed by atoms with Gasteiger partial charge in [0.05, 0.1) is 6.04 Å². The molecule has 0 aromatic heterocycles. The predicted molar refractivity (Wildman–Crippen MR) is 59.2 cm³/mol. The first-order chi connectivity index (χ1) is 6.79. The maximum absolute atomic E-state index is 5.85. The van der Waals surface area contributed by atoms with Crippen LogP contribution in [0, 0.1) is 5.92 Å². The third kappa shape index (κ3) is 2.40. The molecule has 2 fully saturated rings. The van der Waals surface area contributed by atoms with Crippen LogP contribution in [0.5, 0.6) is 0 Å². The van der Waals surface area contributed by atoms with Crippen LogP contribution in [0.25, 0.3) is 0 Å². The fourth-order valence-electron chi connectivity index (χ4n) is 2.32. The van der Waals surface area contributed by atoms with Gasteiger partial charge in [0.1, 0.15) is 0 Å². The topological polar surface area (TPSA) is 50.4 Å². The van der Waals surface area contributed by atoms with E-state index in [9.17, 15) is 0 Å². The maximum atomic E-state index is 5.85. The van der Waals surface area contributed by atoms with Gasteiger partial charge < -0.3 is 11.1 Å². The minimum Gasteiger partial charge on any atom is -0.370 e. The third-order valence-electron chi connectivity index (χ3n) is 3.38. The van der Waals surface area contributed by atoms with Crippen LogP contribution in [0.3, 0.4) is 0 Å².